The molecule has 2 aromatic heterocycles. The number of rotatable bonds is 3. The molecule has 1 unspecified atom stereocenters. The average Bonchev–Trinajstić information content (AvgIpc) is 3.19. The van der Waals surface area contributed by atoms with Crippen molar-refractivity contribution >= 4 is 17.0 Å². The number of aliphatic hydroxyl groups excluding tert-OH is 1. The first-order valence-electron chi connectivity index (χ1n) is 8.32. The number of Topliss-reactive ketones (excluding diaryl/α,β-unsaturated/α-hetero) is 1. The molecule has 0 spiro atoms. The number of halogens is 2. The minimum atomic E-state index is -0.656. The number of carbonyl (C=O) groups excluding carboxylic acids is 1. The van der Waals surface area contributed by atoms with E-state index in [-0.39, 0.29) is 11.3 Å². The number of carbonyl (C=O) groups is 1. The van der Waals surface area contributed by atoms with Crippen molar-refractivity contribution in [1.82, 2.24) is 9.61 Å². The zero-order valence-electron chi connectivity index (χ0n) is 14.1. The third kappa shape index (κ3) is 2.74. The molecule has 26 heavy (non-hydrogen) atoms. The van der Waals surface area contributed by atoms with Crippen molar-refractivity contribution in [2.24, 2.45) is 0 Å². The van der Waals surface area contributed by atoms with Crippen molar-refractivity contribution in [2.75, 3.05) is 11.4 Å². The zero-order valence-corrected chi connectivity index (χ0v) is 14.1. The van der Waals surface area contributed by atoms with Crippen LogP contribution in [0.2, 0.25) is 0 Å². The number of aromatic nitrogens is 2. The van der Waals surface area contributed by atoms with Crippen molar-refractivity contribution < 1.29 is 18.7 Å². The molecule has 0 bridgehead atoms. The maximum Gasteiger partial charge on any atom is 0.163 e. The first kappa shape index (κ1) is 16.7. The van der Waals surface area contributed by atoms with Gasteiger partial charge in [-0.1, -0.05) is 0 Å². The number of hydrogen-bond donors (Lipinski definition) is 1. The Morgan fingerprint density at radius 2 is 2.08 bits per heavy atom. The third-order valence-corrected chi connectivity index (χ3v) is 4.81. The number of fused-ring (bicyclic) bond motifs is 1. The van der Waals surface area contributed by atoms with Gasteiger partial charge in [0.1, 0.15) is 11.6 Å². The molecule has 0 saturated carbocycles. The molecule has 0 amide bonds. The van der Waals surface area contributed by atoms with E-state index in [2.05, 4.69) is 5.10 Å². The van der Waals surface area contributed by atoms with Crippen LogP contribution >= 0.6 is 0 Å². The monoisotopic (exact) mass is 357 g/mol. The van der Waals surface area contributed by atoms with Crippen LogP contribution in [0.15, 0.2) is 42.7 Å². The Morgan fingerprint density at radius 3 is 2.85 bits per heavy atom. The van der Waals surface area contributed by atoms with E-state index in [9.17, 15) is 18.7 Å². The summed E-state index contributed by atoms with van der Waals surface area (Å²) in [5.41, 5.74) is 2.04. The smallest absolute Gasteiger partial charge is 0.163 e. The highest BCUT2D eigenvalue weighted by Gasteiger charge is 2.34. The molecule has 4 rings (SSSR count). The Morgan fingerprint density at radius 1 is 1.27 bits per heavy atom. The number of aliphatic hydroxyl groups is 1. The molecule has 0 radical (unpaired) electrons. The summed E-state index contributed by atoms with van der Waals surface area (Å²) >= 11 is 0. The van der Waals surface area contributed by atoms with Crippen molar-refractivity contribution in [1.29, 1.82) is 0 Å². The van der Waals surface area contributed by atoms with Crippen molar-refractivity contribution in [3.63, 3.8) is 0 Å². The number of anilines is 1. The summed E-state index contributed by atoms with van der Waals surface area (Å²) in [6.07, 6.45) is 2.85. The van der Waals surface area contributed by atoms with E-state index in [0.717, 1.165) is 12.1 Å². The summed E-state index contributed by atoms with van der Waals surface area (Å²) in [6.45, 7) is 1.76. The van der Waals surface area contributed by atoms with Crippen LogP contribution in [0, 0.1) is 11.6 Å². The van der Waals surface area contributed by atoms with E-state index in [0.29, 0.717) is 29.7 Å². The molecular formula is C19H17F2N3O2. The van der Waals surface area contributed by atoms with Gasteiger partial charge in [-0.2, -0.15) is 5.10 Å². The van der Waals surface area contributed by atoms with E-state index in [1.165, 1.54) is 19.2 Å². The molecule has 3 heterocycles. The number of ketones is 1. The summed E-state index contributed by atoms with van der Waals surface area (Å²) in [5.74, 6) is -1.13. The van der Waals surface area contributed by atoms with E-state index >= 15 is 0 Å². The minimum Gasteiger partial charge on any atom is -0.391 e. The van der Waals surface area contributed by atoms with Crippen LogP contribution in [0.5, 0.6) is 0 Å². The fraction of sp³-hybridized carbons (Fsp3) is 0.263. The van der Waals surface area contributed by atoms with E-state index < -0.39 is 23.8 Å². The standard InChI is InChI=1S/C19H17F2N3O2/c1-11(25)16-9-22-24-5-4-13(7-19(16)24)23-10-14(26)8-18(23)15-6-12(20)2-3-17(15)21/h2-7,9,14,18,26H,8,10H2,1H3/t14-,18?/m1/s1. The highest BCUT2D eigenvalue weighted by Crippen LogP contribution is 2.38. The minimum absolute atomic E-state index is 0.105. The lowest BCUT2D eigenvalue weighted by atomic mass is 10.0. The SMILES string of the molecule is CC(=O)c1cnn2ccc(N3C[C@H](O)CC3c3cc(F)ccc3F)cc12. The van der Waals surface area contributed by atoms with Crippen LogP contribution < -0.4 is 4.90 Å². The highest BCUT2D eigenvalue weighted by atomic mass is 19.1. The summed E-state index contributed by atoms with van der Waals surface area (Å²) in [4.78, 5) is 13.6. The first-order valence-corrected chi connectivity index (χ1v) is 8.32. The molecule has 7 heteroatoms. The van der Waals surface area contributed by atoms with Crippen molar-refractivity contribution in [3.8, 4) is 0 Å². The highest BCUT2D eigenvalue weighted by molar-refractivity contribution is 6.00. The number of pyridine rings is 1. The average molecular weight is 357 g/mol. The second-order valence-electron chi connectivity index (χ2n) is 6.55. The van der Waals surface area contributed by atoms with Crippen LogP contribution in [-0.4, -0.2) is 33.2 Å². The van der Waals surface area contributed by atoms with E-state index in [1.807, 2.05) is 4.90 Å². The lowest BCUT2D eigenvalue weighted by Gasteiger charge is -2.27. The van der Waals surface area contributed by atoms with Gasteiger partial charge in [-0.25, -0.2) is 13.3 Å². The molecule has 3 aromatic rings. The lowest BCUT2D eigenvalue weighted by Crippen LogP contribution is -2.25. The van der Waals surface area contributed by atoms with Gasteiger partial charge in [0.2, 0.25) is 0 Å². The Bertz CT molecular complexity index is 1000. The molecular weight excluding hydrogens is 340 g/mol. The molecule has 5 nitrogen and oxygen atoms in total. The molecule has 1 saturated heterocycles. The van der Waals surface area contributed by atoms with Crippen molar-refractivity contribution in [2.45, 2.75) is 25.5 Å². The van der Waals surface area contributed by atoms with Gasteiger partial charge < -0.3 is 10.0 Å². The zero-order chi connectivity index (χ0) is 18.4. The Balaban J connectivity index is 1.80. The molecule has 1 aromatic carbocycles. The molecule has 1 aliphatic heterocycles. The topological polar surface area (TPSA) is 57.8 Å². The van der Waals surface area contributed by atoms with Gasteiger partial charge in [0.25, 0.3) is 0 Å². The van der Waals surface area contributed by atoms with Gasteiger partial charge in [-0.15, -0.1) is 0 Å². The maximum atomic E-state index is 14.3. The fourth-order valence-electron chi connectivity index (χ4n) is 3.58. The Kier molecular flexibility index (Phi) is 3.96. The molecule has 2 atom stereocenters. The predicted octanol–water partition coefficient (Wildman–Crippen LogP) is 3.13. The van der Waals surface area contributed by atoms with Gasteiger partial charge in [0.15, 0.2) is 5.78 Å². The van der Waals surface area contributed by atoms with Gasteiger partial charge in [0, 0.05) is 24.0 Å². The van der Waals surface area contributed by atoms with Crippen LogP contribution in [0.1, 0.15) is 35.3 Å². The quantitative estimate of drug-likeness (QED) is 0.732. The number of nitrogens with zero attached hydrogens (tertiary/aromatic N) is 3. The molecule has 1 aliphatic rings. The van der Waals surface area contributed by atoms with Crippen LogP contribution in [0.4, 0.5) is 14.5 Å². The Labute approximate surface area is 148 Å². The van der Waals surface area contributed by atoms with Gasteiger partial charge >= 0.3 is 0 Å². The normalized spacial score (nSPS) is 20.1. The van der Waals surface area contributed by atoms with E-state index in [4.69, 9.17) is 0 Å². The fourth-order valence-corrected chi connectivity index (χ4v) is 3.58. The summed E-state index contributed by atoms with van der Waals surface area (Å²) in [6, 6.07) is 6.42. The van der Waals surface area contributed by atoms with Crippen LogP contribution in [0.25, 0.3) is 5.52 Å². The summed E-state index contributed by atoms with van der Waals surface area (Å²) in [7, 11) is 0. The molecule has 1 N–H and O–H groups in total. The van der Waals surface area contributed by atoms with Gasteiger partial charge in [0.05, 0.1) is 29.4 Å². The number of β-amino-alcohol motifs (C(OH)–C–C–N with tert-alkyl or cyclic N) is 1. The summed E-state index contributed by atoms with van der Waals surface area (Å²) < 4.78 is 29.5. The third-order valence-electron chi connectivity index (χ3n) is 4.81. The van der Waals surface area contributed by atoms with Crippen LogP contribution in [0.3, 0.4) is 0 Å². The summed E-state index contributed by atoms with van der Waals surface area (Å²) in [5, 5.41) is 14.3. The lowest BCUT2D eigenvalue weighted by molar-refractivity contribution is 0.101. The molecule has 134 valence electrons. The van der Waals surface area contributed by atoms with Gasteiger partial charge in [-0.3, -0.25) is 4.79 Å². The Hall–Kier alpha value is -2.80. The second kappa shape index (κ2) is 6.17. The largest absolute Gasteiger partial charge is 0.391 e. The van der Waals surface area contributed by atoms with E-state index in [1.54, 1.807) is 22.8 Å². The van der Waals surface area contributed by atoms with Crippen molar-refractivity contribution in [3.05, 3.63) is 65.5 Å². The molecule has 0 aliphatic carbocycles. The first-order chi connectivity index (χ1) is 12.4. The second-order valence-corrected chi connectivity index (χ2v) is 6.55. The molecule has 1 fully saturated rings. The maximum absolute atomic E-state index is 14.3. The van der Waals surface area contributed by atoms with Crippen LogP contribution in [-0.2, 0) is 0 Å². The number of benzene rings is 1. The number of hydrogen-bond acceptors (Lipinski definition) is 4. The predicted molar refractivity (Wildman–Crippen MR) is 92.3 cm³/mol. The van der Waals surface area contributed by atoms with Gasteiger partial charge in [-0.05, 0) is 43.7 Å².